The van der Waals surface area contributed by atoms with Crippen molar-refractivity contribution in [3.05, 3.63) is 0 Å². The molecule has 0 unspecified atom stereocenters. The van der Waals surface area contributed by atoms with Crippen molar-refractivity contribution in [1.29, 1.82) is 0 Å². The van der Waals surface area contributed by atoms with E-state index in [1.807, 2.05) is 0 Å². The van der Waals surface area contributed by atoms with Gasteiger partial charge >= 0.3 is 0 Å². The maximum absolute atomic E-state index is 9.26. The molecule has 1 aliphatic heterocycles. The molecule has 1 aromatic rings. The van der Waals surface area contributed by atoms with Gasteiger partial charge in [0.15, 0.2) is 0 Å². The molecule has 21 heavy (non-hydrogen) atoms. The van der Waals surface area contributed by atoms with Crippen molar-refractivity contribution < 1.29 is 5.11 Å². The number of hydrazine groups is 1. The predicted octanol–water partition coefficient (Wildman–Crippen LogP) is 0.109. The van der Waals surface area contributed by atoms with E-state index in [0.717, 1.165) is 38.8 Å². The van der Waals surface area contributed by atoms with Gasteiger partial charge in [-0.2, -0.15) is 15.0 Å². The number of piperidine rings is 1. The number of nitrogens with one attached hydrogen (secondary N) is 1. The van der Waals surface area contributed by atoms with Gasteiger partial charge in [-0.25, -0.2) is 5.84 Å². The van der Waals surface area contributed by atoms with Gasteiger partial charge in [0.1, 0.15) is 0 Å². The number of aliphatic hydroxyl groups excluding tert-OH is 1. The minimum absolute atomic E-state index is 0.0899. The van der Waals surface area contributed by atoms with E-state index in [-0.39, 0.29) is 6.61 Å². The Morgan fingerprint density at radius 1 is 1.19 bits per heavy atom. The maximum Gasteiger partial charge on any atom is 0.243 e. The Morgan fingerprint density at radius 3 is 2.57 bits per heavy atom. The van der Waals surface area contributed by atoms with E-state index in [4.69, 9.17) is 5.84 Å². The predicted molar refractivity (Wildman–Crippen MR) is 81.2 cm³/mol. The summed E-state index contributed by atoms with van der Waals surface area (Å²) in [7, 11) is 0. The van der Waals surface area contributed by atoms with E-state index in [2.05, 4.69) is 30.2 Å². The highest BCUT2D eigenvalue weighted by atomic mass is 16.3. The third-order valence-electron chi connectivity index (χ3n) is 3.97. The topological polar surface area (TPSA) is 103 Å². The van der Waals surface area contributed by atoms with Gasteiger partial charge in [0.2, 0.25) is 17.8 Å². The fraction of sp³-hybridized carbons (Fsp3) is 0.769. The van der Waals surface area contributed by atoms with Gasteiger partial charge in [-0.05, 0) is 32.1 Å². The molecule has 8 heteroatoms. The number of rotatable bonds is 6. The van der Waals surface area contributed by atoms with Crippen molar-refractivity contribution in [2.75, 3.05) is 41.5 Å². The summed E-state index contributed by atoms with van der Waals surface area (Å²) in [5.41, 5.74) is 2.53. The summed E-state index contributed by atoms with van der Waals surface area (Å²) in [6.07, 6.45) is 5.83. The van der Waals surface area contributed by atoms with Crippen LogP contribution >= 0.6 is 0 Å². The number of aliphatic hydroxyl groups is 1. The van der Waals surface area contributed by atoms with Crippen LogP contribution in [0.3, 0.4) is 0 Å². The number of aromatic nitrogens is 3. The second-order valence-electron chi connectivity index (χ2n) is 5.60. The van der Waals surface area contributed by atoms with Crippen LogP contribution in [0, 0.1) is 0 Å². The quantitative estimate of drug-likeness (QED) is 0.501. The molecule has 116 valence electrons. The lowest BCUT2D eigenvalue weighted by molar-refractivity contribution is 0.300. The summed E-state index contributed by atoms with van der Waals surface area (Å²) in [6.45, 7) is 2.57. The fourth-order valence-corrected chi connectivity index (χ4v) is 2.72. The van der Waals surface area contributed by atoms with Gasteiger partial charge < -0.3 is 14.9 Å². The first kappa shape index (κ1) is 14.3. The van der Waals surface area contributed by atoms with Crippen molar-refractivity contribution in [1.82, 2.24) is 15.0 Å². The molecule has 0 bridgehead atoms. The van der Waals surface area contributed by atoms with Crippen LogP contribution in [0.4, 0.5) is 17.8 Å². The number of nitrogen functional groups attached to an aromatic ring is 1. The highest BCUT2D eigenvalue weighted by molar-refractivity contribution is 5.46. The average Bonchev–Trinajstić information content (AvgIpc) is 3.37. The van der Waals surface area contributed by atoms with E-state index in [0.29, 0.717) is 30.4 Å². The highest BCUT2D eigenvalue weighted by Crippen LogP contribution is 2.30. The number of hydrogen-bond acceptors (Lipinski definition) is 8. The minimum atomic E-state index is 0.0899. The van der Waals surface area contributed by atoms with Gasteiger partial charge in [0.25, 0.3) is 0 Å². The molecule has 8 nitrogen and oxygen atoms in total. The molecule has 4 N–H and O–H groups in total. The Balaban J connectivity index is 1.87. The first-order valence-corrected chi connectivity index (χ1v) is 7.67. The van der Waals surface area contributed by atoms with Crippen molar-refractivity contribution in [2.45, 2.75) is 38.1 Å². The van der Waals surface area contributed by atoms with Crippen LogP contribution in [0.25, 0.3) is 0 Å². The van der Waals surface area contributed by atoms with Gasteiger partial charge in [-0.15, -0.1) is 0 Å². The third kappa shape index (κ3) is 3.33. The Kier molecular flexibility index (Phi) is 4.35. The Labute approximate surface area is 124 Å². The lowest BCUT2D eigenvalue weighted by Gasteiger charge is -2.28. The number of hydrogen-bond donors (Lipinski definition) is 3. The molecular formula is C13H23N7O. The molecule has 2 aliphatic rings. The first-order valence-electron chi connectivity index (χ1n) is 7.67. The van der Waals surface area contributed by atoms with Gasteiger partial charge in [0.05, 0.1) is 6.61 Å². The summed E-state index contributed by atoms with van der Waals surface area (Å²) in [6, 6.07) is 0.430. The standard InChI is InChI=1S/C13H23N7O/c14-18-11-15-12(19-6-2-1-3-7-19)17-13(16-11)20(8-9-21)10-4-5-10/h10,21H,1-9,14H2,(H,15,16,17,18). The Bertz CT molecular complexity index is 474. The van der Waals surface area contributed by atoms with Gasteiger partial charge in [-0.1, -0.05) is 0 Å². The Morgan fingerprint density at radius 2 is 1.95 bits per heavy atom. The lowest BCUT2D eigenvalue weighted by Crippen LogP contribution is -2.34. The average molecular weight is 293 g/mol. The second kappa shape index (κ2) is 6.40. The zero-order chi connectivity index (χ0) is 14.7. The van der Waals surface area contributed by atoms with E-state index >= 15 is 0 Å². The van der Waals surface area contributed by atoms with Gasteiger partial charge in [-0.3, -0.25) is 5.43 Å². The smallest absolute Gasteiger partial charge is 0.243 e. The Hall–Kier alpha value is -1.67. The molecule has 0 aromatic carbocycles. The number of nitrogens with zero attached hydrogens (tertiary/aromatic N) is 5. The maximum atomic E-state index is 9.26. The molecule has 1 saturated heterocycles. The molecule has 0 spiro atoms. The molecule has 2 fully saturated rings. The molecule has 1 aliphatic carbocycles. The zero-order valence-electron chi connectivity index (χ0n) is 12.2. The van der Waals surface area contributed by atoms with Crippen LogP contribution in [0.1, 0.15) is 32.1 Å². The zero-order valence-corrected chi connectivity index (χ0v) is 12.2. The summed E-state index contributed by atoms with van der Waals surface area (Å²) in [4.78, 5) is 17.6. The van der Waals surface area contributed by atoms with Gasteiger partial charge in [0, 0.05) is 25.7 Å². The van der Waals surface area contributed by atoms with Crippen molar-refractivity contribution in [3.8, 4) is 0 Å². The molecular weight excluding hydrogens is 270 g/mol. The number of nitrogens with two attached hydrogens (primary N) is 1. The van der Waals surface area contributed by atoms with Crippen LogP contribution in [-0.2, 0) is 0 Å². The van der Waals surface area contributed by atoms with E-state index in [9.17, 15) is 5.11 Å². The highest BCUT2D eigenvalue weighted by Gasteiger charge is 2.31. The third-order valence-corrected chi connectivity index (χ3v) is 3.97. The molecule has 0 radical (unpaired) electrons. The molecule has 0 amide bonds. The fourth-order valence-electron chi connectivity index (χ4n) is 2.72. The van der Waals surface area contributed by atoms with Crippen LogP contribution < -0.4 is 21.1 Å². The summed E-state index contributed by atoms with van der Waals surface area (Å²) < 4.78 is 0. The van der Waals surface area contributed by atoms with Crippen LogP contribution in [0.5, 0.6) is 0 Å². The lowest BCUT2D eigenvalue weighted by atomic mass is 10.1. The van der Waals surface area contributed by atoms with Crippen molar-refractivity contribution in [3.63, 3.8) is 0 Å². The molecule has 1 aromatic heterocycles. The minimum Gasteiger partial charge on any atom is -0.395 e. The molecule has 1 saturated carbocycles. The summed E-state index contributed by atoms with van der Waals surface area (Å²) in [5.74, 6) is 7.16. The SMILES string of the molecule is NNc1nc(N2CCCCC2)nc(N(CCO)C2CC2)n1. The monoisotopic (exact) mass is 293 g/mol. The van der Waals surface area contributed by atoms with Crippen molar-refractivity contribution >= 4 is 17.8 Å². The van der Waals surface area contributed by atoms with Crippen molar-refractivity contribution in [2.24, 2.45) is 5.84 Å². The number of anilines is 3. The largest absolute Gasteiger partial charge is 0.395 e. The second-order valence-corrected chi connectivity index (χ2v) is 5.60. The van der Waals surface area contributed by atoms with Crippen LogP contribution in [0.15, 0.2) is 0 Å². The van der Waals surface area contributed by atoms with E-state index in [1.54, 1.807) is 0 Å². The normalized spacial score (nSPS) is 18.7. The molecule has 0 atom stereocenters. The molecule has 2 heterocycles. The first-order chi connectivity index (χ1) is 10.3. The van der Waals surface area contributed by atoms with E-state index in [1.165, 1.54) is 6.42 Å². The van der Waals surface area contributed by atoms with Crippen LogP contribution in [-0.4, -0.2) is 52.3 Å². The van der Waals surface area contributed by atoms with Crippen LogP contribution in [0.2, 0.25) is 0 Å². The van der Waals surface area contributed by atoms with E-state index < -0.39 is 0 Å². The molecule has 3 rings (SSSR count). The summed E-state index contributed by atoms with van der Waals surface area (Å²) >= 11 is 0. The summed E-state index contributed by atoms with van der Waals surface area (Å²) in [5, 5.41) is 9.26.